The van der Waals surface area contributed by atoms with Crippen molar-refractivity contribution in [3.05, 3.63) is 88.6 Å². The van der Waals surface area contributed by atoms with Crippen molar-refractivity contribution in [1.29, 1.82) is 5.26 Å². The third-order valence-electron chi connectivity index (χ3n) is 5.70. The molecule has 0 saturated heterocycles. The maximum atomic E-state index is 12.0. The van der Waals surface area contributed by atoms with Gasteiger partial charge in [-0.3, -0.25) is 0 Å². The van der Waals surface area contributed by atoms with Crippen LogP contribution in [0.15, 0.2) is 77.8 Å². The van der Waals surface area contributed by atoms with Gasteiger partial charge in [0, 0.05) is 36.0 Å². The highest BCUT2D eigenvalue weighted by Gasteiger charge is 2.16. The molecule has 32 heavy (non-hydrogen) atoms. The number of pyridine rings is 1. The predicted octanol–water partition coefficient (Wildman–Crippen LogP) is 6.25. The largest absolute Gasteiger partial charge is 0.356 e. The van der Waals surface area contributed by atoms with Gasteiger partial charge in [0.05, 0.1) is 21.9 Å². The first-order valence-corrected chi connectivity index (χ1v) is 12.2. The maximum absolute atomic E-state index is 12.0. The van der Waals surface area contributed by atoms with Gasteiger partial charge in [-0.05, 0) is 58.9 Å². The summed E-state index contributed by atoms with van der Waals surface area (Å²) < 4.78 is 26.7. The number of sulfone groups is 1. The molecule has 1 aliphatic rings. The molecule has 0 saturated carbocycles. The van der Waals surface area contributed by atoms with Crippen molar-refractivity contribution in [3.8, 4) is 28.3 Å². The summed E-state index contributed by atoms with van der Waals surface area (Å²) in [6, 6.07) is 15.1. The van der Waals surface area contributed by atoms with Crippen LogP contribution in [0, 0.1) is 15.8 Å². The van der Waals surface area contributed by atoms with Gasteiger partial charge < -0.3 is 4.57 Å². The Morgan fingerprint density at radius 3 is 2.28 bits per heavy atom. The lowest BCUT2D eigenvalue weighted by Crippen LogP contribution is -2.00. The molecule has 1 aromatic heterocycles. The second-order valence-corrected chi connectivity index (χ2v) is 10.1. The number of aromatic nitrogens is 1. The number of nitriles is 1. The number of rotatable bonds is 6. The van der Waals surface area contributed by atoms with Crippen LogP contribution in [0.1, 0.15) is 24.0 Å². The summed E-state index contributed by atoms with van der Waals surface area (Å²) >= 11 is 5.85. The smallest absolute Gasteiger partial charge is 0.199 e. The number of allylic oxidation sites excluding steroid dienone is 2. The van der Waals surface area contributed by atoms with Crippen molar-refractivity contribution >= 4 is 27.6 Å². The third kappa shape index (κ3) is 4.10. The Labute approximate surface area is 193 Å². The fraction of sp³-hybridized carbons (Fsp3) is 0.154. The van der Waals surface area contributed by atoms with E-state index in [9.17, 15) is 13.7 Å². The summed E-state index contributed by atoms with van der Waals surface area (Å²) in [6.07, 6.45) is 8.61. The maximum Gasteiger partial charge on any atom is 0.199 e. The van der Waals surface area contributed by atoms with Crippen LogP contribution in [0.4, 0.5) is 0 Å². The molecule has 0 radical (unpaired) electrons. The Hall–Kier alpha value is -3.27. The van der Waals surface area contributed by atoms with Gasteiger partial charge in [0.2, 0.25) is 0 Å². The molecule has 0 bridgehead atoms. The first kappa shape index (κ1) is 21.9. The Morgan fingerprint density at radius 2 is 1.72 bits per heavy atom. The molecule has 0 fully saturated rings. The Morgan fingerprint density at radius 1 is 1.09 bits per heavy atom. The third-order valence-corrected chi connectivity index (χ3v) is 7.51. The molecule has 4 rings (SSSR count). The molecule has 0 amide bonds. The van der Waals surface area contributed by atoms with Crippen molar-refractivity contribution in [1.82, 2.24) is 4.57 Å². The van der Waals surface area contributed by atoms with Gasteiger partial charge in [-0.25, -0.2) is 8.42 Å². The van der Waals surface area contributed by atoms with Gasteiger partial charge in [0.25, 0.3) is 0 Å². The number of hydrogen-bond acceptors (Lipinski definition) is 4. The summed E-state index contributed by atoms with van der Waals surface area (Å²) in [5.74, 6) is 0. The summed E-state index contributed by atoms with van der Waals surface area (Å²) in [7, 11) is -1.55. The van der Waals surface area contributed by atoms with E-state index in [4.69, 9.17) is 12.2 Å². The quantitative estimate of drug-likeness (QED) is 0.410. The lowest BCUT2D eigenvalue weighted by molar-refractivity contribution is 0.604. The average Bonchev–Trinajstić information content (AvgIpc) is 2.75. The van der Waals surface area contributed by atoms with Crippen LogP contribution < -0.4 is 0 Å². The van der Waals surface area contributed by atoms with Crippen LogP contribution in [0.3, 0.4) is 0 Å². The van der Waals surface area contributed by atoms with E-state index in [-0.39, 0.29) is 4.90 Å². The zero-order chi connectivity index (χ0) is 22.9. The first-order chi connectivity index (χ1) is 15.3. The van der Waals surface area contributed by atoms with E-state index in [0.29, 0.717) is 10.9 Å². The minimum absolute atomic E-state index is 0.199. The van der Waals surface area contributed by atoms with Gasteiger partial charge in [0.1, 0.15) is 0 Å². The fourth-order valence-corrected chi connectivity index (χ4v) is 4.93. The normalized spacial score (nSPS) is 13.1. The topological polar surface area (TPSA) is 62.9 Å². The van der Waals surface area contributed by atoms with Crippen LogP contribution in [0.5, 0.6) is 0 Å². The molecule has 0 aliphatic heterocycles. The second-order valence-electron chi connectivity index (χ2n) is 7.79. The van der Waals surface area contributed by atoms with Crippen LogP contribution in [0.25, 0.3) is 27.8 Å². The van der Waals surface area contributed by atoms with E-state index in [1.165, 1.54) is 5.57 Å². The van der Waals surface area contributed by atoms with E-state index in [1.807, 2.05) is 24.0 Å². The SMILES string of the molecule is C=CS(=O)(=O)c1ccc(-c2cn(C)cc(-c3ccc(C4=CCC4)c(CC#N)c3)c2=S)cc1. The van der Waals surface area contributed by atoms with E-state index in [1.54, 1.807) is 24.3 Å². The lowest BCUT2D eigenvalue weighted by Gasteiger charge is -2.19. The van der Waals surface area contributed by atoms with Gasteiger partial charge in [0.15, 0.2) is 9.84 Å². The van der Waals surface area contributed by atoms with Crippen molar-refractivity contribution in [2.45, 2.75) is 24.2 Å². The van der Waals surface area contributed by atoms with Crippen molar-refractivity contribution in [2.75, 3.05) is 0 Å². The highest BCUT2D eigenvalue weighted by atomic mass is 32.2. The van der Waals surface area contributed by atoms with Crippen molar-refractivity contribution in [3.63, 3.8) is 0 Å². The van der Waals surface area contributed by atoms with Gasteiger partial charge >= 0.3 is 0 Å². The van der Waals surface area contributed by atoms with Crippen molar-refractivity contribution < 1.29 is 8.42 Å². The standard InChI is InChI=1S/C26H22N2O2S2/c1-3-32(29,30)22-10-7-19(8-11-22)24-16-28(2)17-25(26(24)31)20-9-12-23(18-5-4-6-18)21(15-20)13-14-27/h3,5,7-12,15-17H,1,4,6,13H2,2H3. The molecule has 3 aromatic rings. The zero-order valence-corrected chi connectivity index (χ0v) is 19.3. The summed E-state index contributed by atoms with van der Waals surface area (Å²) in [5.41, 5.74) is 7.00. The second kappa shape index (κ2) is 8.70. The van der Waals surface area contributed by atoms with Crippen LogP contribution >= 0.6 is 12.2 Å². The highest BCUT2D eigenvalue weighted by molar-refractivity contribution is 7.94. The molecule has 0 N–H and O–H groups in total. The molecule has 4 nitrogen and oxygen atoms in total. The summed E-state index contributed by atoms with van der Waals surface area (Å²) in [4.78, 5) is 0.199. The average molecular weight is 459 g/mol. The molecule has 6 heteroatoms. The van der Waals surface area contributed by atoms with E-state index in [0.717, 1.165) is 51.6 Å². The highest BCUT2D eigenvalue weighted by Crippen LogP contribution is 2.35. The summed E-state index contributed by atoms with van der Waals surface area (Å²) in [6.45, 7) is 3.37. The molecular formula is C26H22N2O2S2. The fourth-order valence-electron chi connectivity index (χ4n) is 3.88. The molecule has 160 valence electrons. The van der Waals surface area contributed by atoms with Gasteiger partial charge in [-0.2, -0.15) is 5.26 Å². The molecule has 1 aliphatic carbocycles. The molecule has 0 spiro atoms. The van der Waals surface area contributed by atoms with E-state index < -0.39 is 9.84 Å². The first-order valence-electron chi connectivity index (χ1n) is 10.2. The monoisotopic (exact) mass is 458 g/mol. The van der Waals surface area contributed by atoms with Crippen molar-refractivity contribution in [2.24, 2.45) is 7.05 Å². The lowest BCUT2D eigenvalue weighted by atomic mass is 9.86. The summed E-state index contributed by atoms with van der Waals surface area (Å²) in [5, 5.41) is 10.3. The molecule has 0 unspecified atom stereocenters. The minimum atomic E-state index is -3.48. The van der Waals surface area contributed by atoms with Gasteiger partial charge in [-0.1, -0.05) is 49.1 Å². The number of nitrogens with zero attached hydrogens (tertiary/aromatic N) is 2. The minimum Gasteiger partial charge on any atom is -0.356 e. The number of aryl methyl sites for hydroxylation is 1. The van der Waals surface area contributed by atoms with Crippen LogP contribution in [-0.4, -0.2) is 13.0 Å². The van der Waals surface area contributed by atoms with Crippen LogP contribution in [0.2, 0.25) is 0 Å². The Kier molecular flexibility index (Phi) is 5.96. The van der Waals surface area contributed by atoms with E-state index >= 15 is 0 Å². The molecular weight excluding hydrogens is 436 g/mol. The van der Waals surface area contributed by atoms with Gasteiger partial charge in [-0.15, -0.1) is 0 Å². The zero-order valence-electron chi connectivity index (χ0n) is 17.7. The Balaban J connectivity index is 1.81. The van der Waals surface area contributed by atoms with E-state index in [2.05, 4.69) is 36.9 Å². The molecule has 1 heterocycles. The predicted molar refractivity (Wildman–Crippen MR) is 131 cm³/mol. The number of benzene rings is 2. The molecule has 0 atom stereocenters. The molecule has 2 aromatic carbocycles. The Bertz CT molecular complexity index is 1460. The van der Waals surface area contributed by atoms with Crippen LogP contribution in [-0.2, 0) is 23.3 Å². The number of hydrogen-bond donors (Lipinski definition) is 0.